The molecule has 93 heavy (non-hydrogen) atoms. The maximum absolute atomic E-state index is 11.2. The molecule has 0 aromatic heterocycles. The molecule has 0 bridgehead atoms. The number of allylic oxidation sites excluding steroid dienone is 8. The molecule has 0 aromatic rings. The summed E-state index contributed by atoms with van der Waals surface area (Å²) in [5, 5.41) is 0. The van der Waals surface area contributed by atoms with Crippen LogP contribution >= 0.6 is 13.5 Å². The molecule has 0 saturated carbocycles. The van der Waals surface area contributed by atoms with Gasteiger partial charge in [-0.25, -0.2) is 0 Å². The van der Waals surface area contributed by atoms with Gasteiger partial charge < -0.3 is 69.5 Å². The van der Waals surface area contributed by atoms with E-state index < -0.39 is 0 Å². The van der Waals surface area contributed by atoms with Gasteiger partial charge in [-0.15, -0.1) is 23.0 Å². The Bertz CT molecular complexity index is 1290. The molecule has 15 heteroatoms. The summed E-state index contributed by atoms with van der Waals surface area (Å²) < 4.78 is 19.8. The normalized spacial score (nSPS) is 10.6. The number of hydrogen-bond donors (Lipinski definition) is 0. The molecular formula is C78H150O8S5Sn2. The van der Waals surface area contributed by atoms with Gasteiger partial charge in [-0.3, -0.25) is 19.2 Å². The van der Waals surface area contributed by atoms with Crippen molar-refractivity contribution in [3.63, 3.8) is 0 Å². The van der Waals surface area contributed by atoms with Crippen molar-refractivity contribution in [1.29, 1.82) is 0 Å². The Hall–Kier alpha value is 0.187. The van der Waals surface area contributed by atoms with Crippen LogP contribution in [-0.2, 0) is 88.6 Å². The van der Waals surface area contributed by atoms with Gasteiger partial charge in [0.25, 0.3) is 0 Å². The van der Waals surface area contributed by atoms with E-state index in [0.717, 1.165) is 77.0 Å². The topological polar surface area (TPSA) is 105 Å². The van der Waals surface area contributed by atoms with Crippen molar-refractivity contribution in [2.24, 2.45) is 0 Å². The molecule has 0 aliphatic heterocycles. The summed E-state index contributed by atoms with van der Waals surface area (Å²) in [6.45, 7) is 10.6. The number of ether oxygens (including phenoxy) is 4. The van der Waals surface area contributed by atoms with Crippen LogP contribution in [0.2, 0.25) is 0 Å². The van der Waals surface area contributed by atoms with Gasteiger partial charge in [0, 0.05) is 25.7 Å². The number of esters is 4. The Kier molecular flexibility index (Phi) is 130. The van der Waals surface area contributed by atoms with E-state index in [1.807, 2.05) is 0 Å². The summed E-state index contributed by atoms with van der Waals surface area (Å²) in [5.41, 5.74) is 0. The van der Waals surface area contributed by atoms with E-state index in [0.29, 0.717) is 75.1 Å². The second kappa shape index (κ2) is 108. The van der Waals surface area contributed by atoms with Crippen LogP contribution in [0.1, 0.15) is 376 Å². The number of rotatable bonds is 64. The van der Waals surface area contributed by atoms with E-state index in [4.69, 9.17) is 69.5 Å². The largest absolute Gasteiger partial charge is 2.00 e. The molecule has 0 fully saturated rings. The van der Waals surface area contributed by atoms with Gasteiger partial charge in [0.1, 0.15) is 0 Å². The fourth-order valence-corrected chi connectivity index (χ4v) is 9.90. The molecule has 0 unspecified atom stereocenters. The number of carbonyl (C=O) groups excluding carboxylic acids is 4. The molecule has 0 aromatic carbocycles. The quantitative estimate of drug-likeness (QED) is 0.0145. The summed E-state index contributed by atoms with van der Waals surface area (Å²) in [7, 11) is 0. The molecule has 0 N–H and O–H groups in total. The Balaban J connectivity index is -0.000000142. The van der Waals surface area contributed by atoms with E-state index in [9.17, 15) is 19.2 Å². The predicted molar refractivity (Wildman–Crippen MR) is 427 cm³/mol. The molecule has 0 heterocycles. The van der Waals surface area contributed by atoms with Crippen molar-refractivity contribution in [1.82, 2.24) is 0 Å². The smallest absolute Gasteiger partial charge is 0.789 e. The van der Waals surface area contributed by atoms with Crippen LogP contribution in [0.3, 0.4) is 0 Å². The van der Waals surface area contributed by atoms with Crippen LogP contribution < -0.4 is 0 Å². The number of hydrogen-bond acceptors (Lipinski definition) is 12. The molecule has 548 valence electrons. The maximum atomic E-state index is 11.2. The third-order valence-electron chi connectivity index (χ3n) is 15.0. The third kappa shape index (κ3) is 117. The van der Waals surface area contributed by atoms with Crippen molar-refractivity contribution in [2.45, 2.75) is 376 Å². The number of unbranched alkanes of at least 4 members (excludes halogenated alkanes) is 40. The minimum atomic E-state index is -0.104. The second-order valence-corrected chi connectivity index (χ2v) is 25.3. The predicted octanol–water partition coefficient (Wildman–Crippen LogP) is 23.5. The standard InChI is InChI=1S/4C19H36O2S.2CH4.H2S.2Sn/c4*1-2-3-4-5-6-7-8-9-10-11-12-13-14-15-16-19(20)21-17-18-22;;;;;/h4*11-12,22H,2-10,13-18H2,1H3;2*1H4;1H2;;/q;;;;;;;2*+2/p-4/b4*12-11+;;;;;. The van der Waals surface area contributed by atoms with E-state index in [2.05, 4.69) is 76.3 Å². The Morgan fingerprint density at radius 1 is 0.237 bits per heavy atom. The molecule has 0 saturated heterocycles. The first-order chi connectivity index (χ1) is 43.2. The van der Waals surface area contributed by atoms with Crippen molar-refractivity contribution >= 4 is 136 Å². The molecule has 0 amide bonds. The fourth-order valence-electron chi connectivity index (χ4n) is 9.56. The van der Waals surface area contributed by atoms with Gasteiger partial charge in [0.05, 0.1) is 26.4 Å². The summed E-state index contributed by atoms with van der Waals surface area (Å²) >= 11 is 18.9. The van der Waals surface area contributed by atoms with E-state index in [-0.39, 0.29) is 100 Å². The molecule has 0 aliphatic carbocycles. The third-order valence-corrected chi connectivity index (χ3v) is 15.6. The summed E-state index contributed by atoms with van der Waals surface area (Å²) in [4.78, 5) is 44.9. The van der Waals surface area contributed by atoms with Gasteiger partial charge in [0.2, 0.25) is 0 Å². The minimum absolute atomic E-state index is 0. The SMILES string of the molecule is C.C.CCCCCCCCCC/C=C/CCCCC(=O)OCC[S-].CCCCCCCCCC/C=C/CCCCC(=O)OCC[S-].CCCCCCCCCC/C=C/CCCCC(=O)OCC[S-].CCCCCCCCCC/C=C/CCCCC(=O)OCC[S-].S.[Sn+2].[Sn+2]. The van der Waals surface area contributed by atoms with Gasteiger partial charge in [-0.2, -0.15) is 13.5 Å². The molecule has 0 atom stereocenters. The van der Waals surface area contributed by atoms with Crippen molar-refractivity contribution in [2.75, 3.05) is 49.4 Å². The van der Waals surface area contributed by atoms with Crippen LogP contribution in [0, 0.1) is 0 Å². The van der Waals surface area contributed by atoms with Crippen LogP contribution in [-0.4, -0.2) is 121 Å². The summed E-state index contributed by atoms with van der Waals surface area (Å²) in [6.07, 6.45) is 81.6. The first kappa shape index (κ1) is 112. The van der Waals surface area contributed by atoms with Crippen LogP contribution in [0.4, 0.5) is 0 Å². The minimum Gasteiger partial charge on any atom is -0.789 e. The van der Waals surface area contributed by atoms with E-state index >= 15 is 0 Å². The summed E-state index contributed by atoms with van der Waals surface area (Å²) in [6, 6.07) is 0. The van der Waals surface area contributed by atoms with Gasteiger partial charge in [-0.1, -0.05) is 271 Å². The first-order valence-electron chi connectivity index (χ1n) is 36.8. The van der Waals surface area contributed by atoms with Gasteiger partial charge in [0.15, 0.2) is 0 Å². The zero-order valence-electron chi connectivity index (χ0n) is 59.4. The van der Waals surface area contributed by atoms with Crippen molar-refractivity contribution < 1.29 is 38.1 Å². The molecule has 0 spiro atoms. The first-order valence-corrected chi connectivity index (χ1v) is 39.1. The molecular weight excluding hydrogens is 1460 g/mol. The Morgan fingerprint density at radius 2 is 0.366 bits per heavy atom. The zero-order chi connectivity index (χ0) is 65.2. The number of carbonyl (C=O) groups is 4. The van der Waals surface area contributed by atoms with Crippen LogP contribution in [0.15, 0.2) is 48.6 Å². The second-order valence-electron chi connectivity index (χ2n) is 23.6. The maximum Gasteiger partial charge on any atom is 2.00 e. The van der Waals surface area contributed by atoms with Crippen molar-refractivity contribution in [3.05, 3.63) is 48.6 Å². The Morgan fingerprint density at radius 3 is 0.505 bits per heavy atom. The monoisotopic (exact) mass is 1610 g/mol. The zero-order valence-corrected chi connectivity index (χ0v) is 69.4. The van der Waals surface area contributed by atoms with E-state index in [1.165, 1.54) is 231 Å². The average molecular weight is 1610 g/mol. The average Bonchev–Trinajstić information content (AvgIpc) is 3.56. The van der Waals surface area contributed by atoms with Gasteiger partial charge >= 0.3 is 71.7 Å². The van der Waals surface area contributed by atoms with Gasteiger partial charge in [-0.05, 0) is 128 Å². The Labute approximate surface area is 642 Å². The fraction of sp³-hybridized carbons (Fsp3) is 0.846. The molecule has 8 nitrogen and oxygen atoms in total. The van der Waals surface area contributed by atoms with Crippen molar-refractivity contribution in [3.8, 4) is 0 Å². The van der Waals surface area contributed by atoms with Crippen LogP contribution in [0.5, 0.6) is 0 Å². The molecule has 0 rings (SSSR count). The van der Waals surface area contributed by atoms with E-state index in [1.54, 1.807) is 0 Å². The van der Waals surface area contributed by atoms with Crippen LogP contribution in [0.25, 0.3) is 0 Å². The molecule has 0 aliphatic rings. The summed E-state index contributed by atoms with van der Waals surface area (Å²) in [5.74, 6) is 1.56. The molecule has 4 radical (unpaired) electrons.